The lowest BCUT2D eigenvalue weighted by atomic mass is 10.1. The van der Waals surface area contributed by atoms with Gasteiger partial charge in [0.1, 0.15) is 0 Å². The van der Waals surface area contributed by atoms with Crippen molar-refractivity contribution >= 4 is 22.6 Å². The van der Waals surface area contributed by atoms with Gasteiger partial charge in [0.15, 0.2) is 0 Å². The van der Waals surface area contributed by atoms with Crippen LogP contribution in [0.5, 0.6) is 0 Å². The van der Waals surface area contributed by atoms with Crippen LogP contribution < -0.4 is 0 Å². The molecule has 0 heterocycles. The third-order valence-electron chi connectivity index (χ3n) is 1.32. The van der Waals surface area contributed by atoms with Crippen LogP contribution in [-0.4, -0.2) is 11.0 Å². The van der Waals surface area contributed by atoms with E-state index in [-0.39, 0.29) is 0 Å². The molecule has 0 saturated carbocycles. The number of nitroso groups, excluding NO2 is 1. The summed E-state index contributed by atoms with van der Waals surface area (Å²) in [6.07, 6.45) is 2.16. The van der Waals surface area contributed by atoms with E-state index in [1.165, 1.54) is 10.8 Å². The van der Waals surface area contributed by atoms with E-state index in [2.05, 4.69) is 34.7 Å². The summed E-state index contributed by atoms with van der Waals surface area (Å²) in [5.74, 6) is 0.666. The van der Waals surface area contributed by atoms with Crippen LogP contribution in [0.25, 0.3) is 0 Å². The molecule has 0 aliphatic heterocycles. The van der Waals surface area contributed by atoms with Crippen molar-refractivity contribution in [2.75, 3.05) is 11.0 Å². The minimum Gasteiger partial charge on any atom is -0.151 e. The highest BCUT2D eigenvalue weighted by molar-refractivity contribution is 14.1. The van der Waals surface area contributed by atoms with Crippen LogP contribution in [0.2, 0.25) is 0 Å². The van der Waals surface area contributed by atoms with Crippen molar-refractivity contribution in [3.63, 3.8) is 0 Å². The van der Waals surface area contributed by atoms with Gasteiger partial charge in [-0.15, -0.1) is 0 Å². The maximum atomic E-state index is 9.66. The lowest BCUT2D eigenvalue weighted by Crippen LogP contribution is -1.96. The molecular weight excluding hydrogens is 229 g/mol. The summed E-state index contributed by atoms with van der Waals surface area (Å²) in [5.41, 5.74) is 0. The molecule has 0 saturated heterocycles. The van der Waals surface area contributed by atoms with Crippen molar-refractivity contribution < 1.29 is 0 Å². The van der Waals surface area contributed by atoms with Gasteiger partial charge in [0.2, 0.25) is 0 Å². The summed E-state index contributed by atoms with van der Waals surface area (Å²) in [7, 11) is 0. The summed E-state index contributed by atoms with van der Waals surface area (Å²) in [4.78, 5) is 9.66. The highest BCUT2D eigenvalue weighted by Crippen LogP contribution is 2.08. The van der Waals surface area contributed by atoms with Gasteiger partial charge in [-0.25, -0.2) is 0 Å². The van der Waals surface area contributed by atoms with Crippen LogP contribution in [0.4, 0.5) is 0 Å². The third kappa shape index (κ3) is 6.21. The van der Waals surface area contributed by atoms with Gasteiger partial charge < -0.3 is 0 Å². The average molecular weight is 241 g/mol. The van der Waals surface area contributed by atoms with Crippen molar-refractivity contribution in [1.82, 2.24) is 0 Å². The maximum Gasteiger partial charge on any atom is 0.0813 e. The molecular formula is C6H12INO. The molecule has 3 heteroatoms. The number of rotatable bonds is 5. The molecule has 54 valence electrons. The Hall–Kier alpha value is 0.330. The Balaban J connectivity index is 3.04. The minimum absolute atomic E-state index is 0.484. The molecule has 0 N–H and O–H groups in total. The van der Waals surface area contributed by atoms with E-state index < -0.39 is 0 Å². The Morgan fingerprint density at radius 1 is 1.56 bits per heavy atom. The lowest BCUT2D eigenvalue weighted by Gasteiger charge is -2.03. The van der Waals surface area contributed by atoms with Crippen molar-refractivity contribution in [2.24, 2.45) is 11.1 Å². The predicted octanol–water partition coefficient (Wildman–Crippen LogP) is 2.60. The molecule has 0 bridgehead atoms. The van der Waals surface area contributed by atoms with Gasteiger partial charge in [0.05, 0.1) is 6.54 Å². The van der Waals surface area contributed by atoms with Crippen LogP contribution in [0.3, 0.4) is 0 Å². The summed E-state index contributed by atoms with van der Waals surface area (Å²) in [6.45, 7) is 2.64. The molecule has 1 atom stereocenters. The zero-order chi connectivity index (χ0) is 7.11. The first-order valence-corrected chi connectivity index (χ1v) is 4.69. The van der Waals surface area contributed by atoms with E-state index in [9.17, 15) is 4.91 Å². The molecule has 0 aromatic carbocycles. The molecule has 0 aromatic rings. The van der Waals surface area contributed by atoms with Crippen LogP contribution in [0.1, 0.15) is 19.8 Å². The van der Waals surface area contributed by atoms with Gasteiger partial charge in [-0.1, -0.05) is 34.7 Å². The van der Waals surface area contributed by atoms with E-state index in [1.54, 1.807) is 0 Å². The van der Waals surface area contributed by atoms with E-state index in [0.717, 1.165) is 6.42 Å². The van der Waals surface area contributed by atoms with Crippen LogP contribution in [0.15, 0.2) is 5.18 Å². The van der Waals surface area contributed by atoms with Crippen molar-refractivity contribution in [2.45, 2.75) is 19.8 Å². The molecule has 2 nitrogen and oxygen atoms in total. The van der Waals surface area contributed by atoms with Gasteiger partial charge in [-0.2, -0.15) is 4.91 Å². The number of hydrogen-bond acceptors (Lipinski definition) is 2. The van der Waals surface area contributed by atoms with Gasteiger partial charge in [0, 0.05) is 0 Å². The standard InChI is InChI=1S/C6H12INO/c1-6(2-4-7)3-5-8-9/h6H,2-5H2,1H3. The topological polar surface area (TPSA) is 29.4 Å². The Kier molecular flexibility index (Phi) is 6.69. The second kappa shape index (κ2) is 6.45. The first-order chi connectivity index (χ1) is 4.31. The molecule has 0 rings (SSSR count). The van der Waals surface area contributed by atoms with Crippen molar-refractivity contribution in [1.29, 1.82) is 0 Å². The second-order valence-electron chi connectivity index (χ2n) is 2.22. The van der Waals surface area contributed by atoms with Crippen molar-refractivity contribution in [3.05, 3.63) is 4.91 Å². The lowest BCUT2D eigenvalue weighted by molar-refractivity contribution is 0.531. The van der Waals surface area contributed by atoms with Crippen molar-refractivity contribution in [3.8, 4) is 0 Å². The Bertz CT molecular complexity index is 77.5. The van der Waals surface area contributed by atoms with E-state index >= 15 is 0 Å². The molecule has 9 heavy (non-hydrogen) atoms. The minimum atomic E-state index is 0.484. The zero-order valence-electron chi connectivity index (χ0n) is 5.64. The summed E-state index contributed by atoms with van der Waals surface area (Å²) in [6, 6.07) is 0. The smallest absolute Gasteiger partial charge is 0.0813 e. The molecule has 1 unspecified atom stereocenters. The largest absolute Gasteiger partial charge is 0.151 e. The monoisotopic (exact) mass is 241 g/mol. The first kappa shape index (κ1) is 9.33. The highest BCUT2D eigenvalue weighted by Gasteiger charge is 1.98. The molecule has 0 radical (unpaired) electrons. The van der Waals surface area contributed by atoms with Gasteiger partial charge in [-0.3, -0.25) is 0 Å². The zero-order valence-corrected chi connectivity index (χ0v) is 7.80. The highest BCUT2D eigenvalue weighted by atomic mass is 127. The van der Waals surface area contributed by atoms with E-state index in [1.807, 2.05) is 0 Å². The molecule has 0 spiro atoms. The average Bonchev–Trinajstić information content (AvgIpc) is 1.85. The molecule has 0 aromatic heterocycles. The number of halogens is 1. The molecule has 0 amide bonds. The van der Waals surface area contributed by atoms with Crippen LogP contribution in [-0.2, 0) is 0 Å². The van der Waals surface area contributed by atoms with Gasteiger partial charge >= 0.3 is 0 Å². The predicted molar refractivity (Wildman–Crippen MR) is 47.9 cm³/mol. The normalized spacial score (nSPS) is 13.1. The Labute approximate surface area is 69.5 Å². The number of alkyl halides is 1. The van der Waals surface area contributed by atoms with Crippen LogP contribution in [0, 0.1) is 10.8 Å². The summed E-state index contributed by atoms with van der Waals surface area (Å²) in [5, 5.41) is 2.81. The fourth-order valence-corrected chi connectivity index (χ4v) is 1.67. The maximum absolute atomic E-state index is 9.66. The summed E-state index contributed by atoms with van der Waals surface area (Å²) >= 11 is 2.35. The Morgan fingerprint density at radius 3 is 2.67 bits per heavy atom. The third-order valence-corrected chi connectivity index (χ3v) is 1.94. The number of nitrogens with zero attached hydrogens (tertiary/aromatic N) is 1. The van der Waals surface area contributed by atoms with Gasteiger partial charge in [0.25, 0.3) is 0 Å². The van der Waals surface area contributed by atoms with Crippen LogP contribution >= 0.6 is 22.6 Å². The molecule has 0 fully saturated rings. The molecule has 0 aliphatic carbocycles. The fraction of sp³-hybridized carbons (Fsp3) is 1.00. The Morgan fingerprint density at radius 2 is 2.22 bits per heavy atom. The SMILES string of the molecule is CC(CCI)CCN=O. The van der Waals surface area contributed by atoms with E-state index in [4.69, 9.17) is 0 Å². The number of hydrogen-bond donors (Lipinski definition) is 0. The summed E-state index contributed by atoms with van der Waals surface area (Å²) < 4.78 is 1.18. The molecule has 0 aliphatic rings. The first-order valence-electron chi connectivity index (χ1n) is 3.16. The fourth-order valence-electron chi connectivity index (χ4n) is 0.604. The van der Waals surface area contributed by atoms with E-state index in [0.29, 0.717) is 12.5 Å². The van der Waals surface area contributed by atoms with Gasteiger partial charge in [-0.05, 0) is 23.2 Å². The quantitative estimate of drug-likeness (QED) is 0.413. The second-order valence-corrected chi connectivity index (χ2v) is 3.30.